The zero-order valence-electron chi connectivity index (χ0n) is 7.89. The fourth-order valence-electron chi connectivity index (χ4n) is 0.953. The second-order valence-corrected chi connectivity index (χ2v) is 3.56. The third kappa shape index (κ3) is 3.58. The zero-order chi connectivity index (χ0) is 11.3. The average molecular weight is 248 g/mol. The second-order valence-electron chi connectivity index (χ2n) is 2.77. The van der Waals surface area contributed by atoms with E-state index in [1.165, 1.54) is 0 Å². The Labute approximate surface area is 97.7 Å². The number of benzene rings is 1. The van der Waals surface area contributed by atoms with Crippen LogP contribution in [-0.2, 0) is 0 Å². The molecule has 0 saturated heterocycles. The van der Waals surface area contributed by atoms with Crippen LogP contribution in [0.4, 0.5) is 10.5 Å². The van der Waals surface area contributed by atoms with Gasteiger partial charge in [0, 0.05) is 13.1 Å². The summed E-state index contributed by atoms with van der Waals surface area (Å²) in [5.74, 6) is 0. The molecule has 0 spiro atoms. The smallest absolute Gasteiger partial charge is 0.319 e. The summed E-state index contributed by atoms with van der Waals surface area (Å²) < 4.78 is 0. The van der Waals surface area contributed by atoms with E-state index in [0.717, 1.165) is 0 Å². The van der Waals surface area contributed by atoms with Gasteiger partial charge in [-0.25, -0.2) is 4.79 Å². The molecule has 0 fully saturated rings. The number of rotatable bonds is 3. The summed E-state index contributed by atoms with van der Waals surface area (Å²) in [6.45, 7) is 0.792. The molecule has 0 aromatic heterocycles. The Morgan fingerprint density at radius 1 is 1.40 bits per heavy atom. The van der Waals surface area contributed by atoms with Crippen molar-refractivity contribution in [3.63, 3.8) is 0 Å². The van der Waals surface area contributed by atoms with E-state index in [2.05, 4.69) is 10.6 Å². The molecular weight excluding hydrogens is 237 g/mol. The van der Waals surface area contributed by atoms with Gasteiger partial charge in [-0.15, -0.1) is 0 Å². The minimum absolute atomic E-state index is 0.321. The van der Waals surface area contributed by atoms with Gasteiger partial charge >= 0.3 is 6.03 Å². The molecule has 0 saturated carbocycles. The van der Waals surface area contributed by atoms with Gasteiger partial charge in [-0.1, -0.05) is 29.3 Å². The Kier molecular flexibility index (Phi) is 4.68. The molecule has 0 bridgehead atoms. The van der Waals surface area contributed by atoms with Crippen molar-refractivity contribution in [1.29, 1.82) is 0 Å². The summed E-state index contributed by atoms with van der Waals surface area (Å²) in [4.78, 5) is 11.3. The van der Waals surface area contributed by atoms with Gasteiger partial charge in [0.15, 0.2) is 0 Å². The number of urea groups is 1. The highest BCUT2D eigenvalue weighted by atomic mass is 35.5. The Morgan fingerprint density at radius 3 is 2.80 bits per heavy atom. The number of hydrogen-bond donors (Lipinski definition) is 3. The molecule has 82 valence electrons. The lowest BCUT2D eigenvalue weighted by Crippen LogP contribution is -2.32. The van der Waals surface area contributed by atoms with Crippen molar-refractivity contribution < 1.29 is 4.79 Å². The summed E-state index contributed by atoms with van der Waals surface area (Å²) in [6, 6.07) is 4.65. The number of halogens is 2. The van der Waals surface area contributed by atoms with Crippen LogP contribution in [0.25, 0.3) is 0 Å². The Bertz CT molecular complexity index is 357. The quantitative estimate of drug-likeness (QED) is 0.766. The topological polar surface area (TPSA) is 67.1 Å². The molecule has 0 aliphatic carbocycles. The van der Waals surface area contributed by atoms with Gasteiger partial charge in [-0.05, 0) is 12.1 Å². The lowest BCUT2D eigenvalue weighted by molar-refractivity contribution is 0.252. The van der Waals surface area contributed by atoms with E-state index in [1.807, 2.05) is 0 Å². The highest BCUT2D eigenvalue weighted by Crippen LogP contribution is 2.29. The Hall–Kier alpha value is -0.970. The number of amides is 2. The van der Waals surface area contributed by atoms with Crippen molar-refractivity contribution in [1.82, 2.24) is 5.32 Å². The number of carbonyl (C=O) groups is 1. The van der Waals surface area contributed by atoms with Crippen molar-refractivity contribution in [2.45, 2.75) is 0 Å². The molecule has 0 unspecified atom stereocenters. The van der Waals surface area contributed by atoms with Gasteiger partial charge < -0.3 is 16.4 Å². The molecule has 0 aliphatic heterocycles. The van der Waals surface area contributed by atoms with E-state index in [-0.39, 0.29) is 6.03 Å². The van der Waals surface area contributed by atoms with Gasteiger partial charge in [-0.2, -0.15) is 0 Å². The van der Waals surface area contributed by atoms with Gasteiger partial charge in [0.1, 0.15) is 0 Å². The fourth-order valence-corrected chi connectivity index (χ4v) is 1.30. The third-order valence-corrected chi connectivity index (χ3v) is 2.45. The predicted molar refractivity (Wildman–Crippen MR) is 62.5 cm³/mol. The molecule has 2 amide bonds. The number of anilines is 1. The zero-order valence-corrected chi connectivity index (χ0v) is 9.40. The normalized spacial score (nSPS) is 9.80. The first kappa shape index (κ1) is 12.1. The Morgan fingerprint density at radius 2 is 2.13 bits per heavy atom. The molecule has 0 radical (unpaired) electrons. The van der Waals surface area contributed by atoms with Crippen molar-refractivity contribution in [2.75, 3.05) is 18.4 Å². The first-order valence-corrected chi connectivity index (χ1v) is 5.09. The third-order valence-electron chi connectivity index (χ3n) is 1.63. The Balaban J connectivity index is 2.64. The maximum atomic E-state index is 11.3. The minimum Gasteiger partial charge on any atom is -0.337 e. The lowest BCUT2D eigenvalue weighted by Gasteiger charge is -2.08. The maximum absolute atomic E-state index is 11.3. The second kappa shape index (κ2) is 5.80. The van der Waals surface area contributed by atoms with Crippen LogP contribution in [0.3, 0.4) is 0 Å². The van der Waals surface area contributed by atoms with Crippen molar-refractivity contribution in [2.24, 2.45) is 5.73 Å². The van der Waals surface area contributed by atoms with Crippen molar-refractivity contribution >= 4 is 34.9 Å². The van der Waals surface area contributed by atoms with Crippen LogP contribution in [0.1, 0.15) is 0 Å². The summed E-state index contributed by atoms with van der Waals surface area (Å²) in [5, 5.41) is 5.83. The SMILES string of the molecule is NCCNC(=O)Nc1cccc(Cl)c1Cl. The molecule has 4 nitrogen and oxygen atoms in total. The van der Waals surface area contributed by atoms with E-state index >= 15 is 0 Å². The maximum Gasteiger partial charge on any atom is 0.319 e. The molecule has 1 rings (SSSR count). The van der Waals surface area contributed by atoms with E-state index in [1.54, 1.807) is 18.2 Å². The summed E-state index contributed by atoms with van der Waals surface area (Å²) in [6.07, 6.45) is 0. The molecule has 1 aromatic rings. The van der Waals surface area contributed by atoms with Crippen molar-refractivity contribution in [3.05, 3.63) is 28.2 Å². The highest BCUT2D eigenvalue weighted by Gasteiger charge is 2.06. The van der Waals surface area contributed by atoms with Gasteiger partial charge in [0.2, 0.25) is 0 Å². The van der Waals surface area contributed by atoms with Gasteiger partial charge in [0.25, 0.3) is 0 Å². The van der Waals surface area contributed by atoms with Crippen LogP contribution < -0.4 is 16.4 Å². The van der Waals surface area contributed by atoms with Gasteiger partial charge in [-0.3, -0.25) is 0 Å². The van der Waals surface area contributed by atoms with Crippen LogP contribution in [0.5, 0.6) is 0 Å². The number of carbonyl (C=O) groups excluding carboxylic acids is 1. The predicted octanol–water partition coefficient (Wildman–Crippen LogP) is 2.07. The van der Waals surface area contributed by atoms with Crippen LogP contribution >= 0.6 is 23.2 Å². The number of nitrogens with one attached hydrogen (secondary N) is 2. The standard InChI is InChI=1S/C9H11Cl2N3O/c10-6-2-1-3-7(8(6)11)14-9(15)13-5-4-12/h1-3H,4-5,12H2,(H2,13,14,15). The fraction of sp³-hybridized carbons (Fsp3) is 0.222. The van der Waals surface area contributed by atoms with Crippen molar-refractivity contribution in [3.8, 4) is 0 Å². The summed E-state index contributed by atoms with van der Waals surface area (Å²) in [5.41, 5.74) is 5.71. The summed E-state index contributed by atoms with van der Waals surface area (Å²) >= 11 is 11.7. The van der Waals surface area contributed by atoms with Gasteiger partial charge in [0.05, 0.1) is 15.7 Å². The largest absolute Gasteiger partial charge is 0.337 e. The van der Waals surface area contributed by atoms with E-state index < -0.39 is 0 Å². The molecule has 0 aliphatic rings. The van der Waals surface area contributed by atoms with Crippen LogP contribution in [0, 0.1) is 0 Å². The highest BCUT2D eigenvalue weighted by molar-refractivity contribution is 6.43. The minimum atomic E-state index is -0.357. The molecular formula is C9H11Cl2N3O. The van der Waals surface area contributed by atoms with Crippen LogP contribution in [-0.4, -0.2) is 19.1 Å². The van der Waals surface area contributed by atoms with E-state index in [9.17, 15) is 4.79 Å². The van der Waals surface area contributed by atoms with E-state index in [4.69, 9.17) is 28.9 Å². The van der Waals surface area contributed by atoms with E-state index in [0.29, 0.717) is 28.8 Å². The molecule has 4 N–H and O–H groups in total. The molecule has 1 aromatic carbocycles. The average Bonchev–Trinajstić information content (AvgIpc) is 2.22. The molecule has 0 heterocycles. The number of hydrogen-bond acceptors (Lipinski definition) is 2. The molecule has 15 heavy (non-hydrogen) atoms. The molecule has 0 atom stereocenters. The lowest BCUT2D eigenvalue weighted by atomic mass is 10.3. The van der Waals surface area contributed by atoms with Crippen LogP contribution in [0.15, 0.2) is 18.2 Å². The van der Waals surface area contributed by atoms with Crippen LogP contribution in [0.2, 0.25) is 10.0 Å². The first-order chi connectivity index (χ1) is 7.15. The first-order valence-electron chi connectivity index (χ1n) is 4.34. The summed E-state index contributed by atoms with van der Waals surface area (Å²) in [7, 11) is 0. The number of nitrogens with two attached hydrogens (primary N) is 1. The molecule has 6 heteroatoms. The monoisotopic (exact) mass is 247 g/mol.